The standard InChI is InChI=1S/C9H10N4OS/c1-6-5-7(12-13(6)2)8(14)11-9-10-3-4-15-9/h3-5H,1-2H3,(H,10,11,14). The number of nitrogens with zero attached hydrogens (tertiary/aromatic N) is 3. The average molecular weight is 222 g/mol. The van der Waals surface area contributed by atoms with E-state index >= 15 is 0 Å². The van der Waals surface area contributed by atoms with Crippen LogP contribution in [-0.2, 0) is 7.05 Å². The van der Waals surface area contributed by atoms with E-state index in [9.17, 15) is 4.79 Å². The molecule has 0 bridgehead atoms. The first-order valence-corrected chi connectivity index (χ1v) is 5.26. The molecule has 2 aromatic heterocycles. The number of carbonyl (C=O) groups excluding carboxylic acids is 1. The van der Waals surface area contributed by atoms with Crippen molar-refractivity contribution in [1.29, 1.82) is 0 Å². The second-order valence-corrected chi connectivity index (χ2v) is 3.98. The summed E-state index contributed by atoms with van der Waals surface area (Å²) in [6, 6.07) is 1.74. The van der Waals surface area contributed by atoms with Crippen LogP contribution < -0.4 is 5.32 Å². The molecule has 0 atom stereocenters. The third-order valence-electron chi connectivity index (χ3n) is 2.00. The maximum atomic E-state index is 11.7. The Labute approximate surface area is 90.8 Å². The first-order valence-electron chi connectivity index (χ1n) is 4.38. The van der Waals surface area contributed by atoms with Gasteiger partial charge in [0.1, 0.15) is 0 Å². The molecule has 0 unspecified atom stereocenters. The second-order valence-electron chi connectivity index (χ2n) is 3.09. The molecule has 5 nitrogen and oxygen atoms in total. The molecule has 0 radical (unpaired) electrons. The van der Waals surface area contributed by atoms with Crippen LogP contribution in [0.5, 0.6) is 0 Å². The summed E-state index contributed by atoms with van der Waals surface area (Å²) in [4.78, 5) is 15.6. The molecular weight excluding hydrogens is 212 g/mol. The van der Waals surface area contributed by atoms with Crippen LogP contribution in [-0.4, -0.2) is 20.7 Å². The molecule has 6 heteroatoms. The van der Waals surface area contributed by atoms with Crippen LogP contribution in [0.3, 0.4) is 0 Å². The van der Waals surface area contributed by atoms with E-state index in [0.717, 1.165) is 5.69 Å². The number of thiazole rings is 1. The van der Waals surface area contributed by atoms with E-state index in [-0.39, 0.29) is 5.91 Å². The van der Waals surface area contributed by atoms with Crippen molar-refractivity contribution in [1.82, 2.24) is 14.8 Å². The average Bonchev–Trinajstić information content (AvgIpc) is 2.78. The maximum Gasteiger partial charge on any atom is 0.277 e. The summed E-state index contributed by atoms with van der Waals surface area (Å²) in [7, 11) is 1.80. The minimum Gasteiger partial charge on any atom is -0.296 e. The summed E-state index contributed by atoms with van der Waals surface area (Å²) in [6.07, 6.45) is 1.64. The summed E-state index contributed by atoms with van der Waals surface area (Å²) >= 11 is 1.38. The zero-order chi connectivity index (χ0) is 10.8. The van der Waals surface area contributed by atoms with Crippen molar-refractivity contribution >= 4 is 22.4 Å². The van der Waals surface area contributed by atoms with Gasteiger partial charge in [-0.1, -0.05) is 0 Å². The number of aryl methyl sites for hydroxylation is 2. The van der Waals surface area contributed by atoms with Crippen molar-refractivity contribution in [2.45, 2.75) is 6.92 Å². The lowest BCUT2D eigenvalue weighted by Crippen LogP contribution is -2.12. The van der Waals surface area contributed by atoms with Gasteiger partial charge in [0.15, 0.2) is 10.8 Å². The van der Waals surface area contributed by atoms with Crippen LogP contribution >= 0.6 is 11.3 Å². The molecule has 2 heterocycles. The van der Waals surface area contributed by atoms with Gasteiger partial charge in [-0.25, -0.2) is 4.98 Å². The smallest absolute Gasteiger partial charge is 0.277 e. The summed E-state index contributed by atoms with van der Waals surface area (Å²) in [5.74, 6) is -0.228. The van der Waals surface area contributed by atoms with Crippen molar-refractivity contribution in [3.8, 4) is 0 Å². The number of carbonyl (C=O) groups is 1. The Hall–Kier alpha value is -1.69. The van der Waals surface area contributed by atoms with E-state index in [2.05, 4.69) is 15.4 Å². The lowest BCUT2D eigenvalue weighted by molar-refractivity contribution is 0.102. The molecule has 0 aliphatic rings. The lowest BCUT2D eigenvalue weighted by atomic mass is 10.3. The summed E-state index contributed by atoms with van der Waals surface area (Å²) < 4.78 is 1.66. The molecular formula is C9H10N4OS. The molecule has 0 aliphatic heterocycles. The molecule has 0 saturated heterocycles. The Morgan fingerprint density at radius 3 is 2.93 bits per heavy atom. The molecule has 0 spiro atoms. The van der Waals surface area contributed by atoms with Crippen LogP contribution in [0.1, 0.15) is 16.2 Å². The van der Waals surface area contributed by atoms with E-state index in [1.54, 1.807) is 29.4 Å². The lowest BCUT2D eigenvalue weighted by Gasteiger charge is -1.96. The van der Waals surface area contributed by atoms with E-state index in [1.807, 2.05) is 6.92 Å². The van der Waals surface area contributed by atoms with Gasteiger partial charge in [-0.15, -0.1) is 11.3 Å². The third kappa shape index (κ3) is 2.04. The largest absolute Gasteiger partial charge is 0.296 e. The van der Waals surface area contributed by atoms with Crippen LogP contribution in [0.4, 0.5) is 5.13 Å². The zero-order valence-corrected chi connectivity index (χ0v) is 9.21. The van der Waals surface area contributed by atoms with Gasteiger partial charge in [0.05, 0.1) is 0 Å². The predicted octanol–water partition coefficient (Wildman–Crippen LogP) is 1.44. The fourth-order valence-electron chi connectivity index (χ4n) is 1.12. The summed E-state index contributed by atoms with van der Waals surface area (Å²) in [5.41, 5.74) is 1.35. The monoisotopic (exact) mass is 222 g/mol. The number of rotatable bonds is 2. The summed E-state index contributed by atoms with van der Waals surface area (Å²) in [6.45, 7) is 1.90. The van der Waals surface area contributed by atoms with E-state index < -0.39 is 0 Å². The topological polar surface area (TPSA) is 59.8 Å². The van der Waals surface area contributed by atoms with Gasteiger partial charge in [-0.2, -0.15) is 5.10 Å². The van der Waals surface area contributed by atoms with Gasteiger partial charge < -0.3 is 0 Å². The van der Waals surface area contributed by atoms with Gasteiger partial charge in [0.25, 0.3) is 5.91 Å². The molecule has 1 amide bonds. The van der Waals surface area contributed by atoms with Crippen LogP contribution in [0.2, 0.25) is 0 Å². The molecule has 0 saturated carbocycles. The first-order chi connectivity index (χ1) is 7.16. The van der Waals surface area contributed by atoms with Crippen molar-refractivity contribution in [2.75, 3.05) is 5.32 Å². The van der Waals surface area contributed by atoms with Crippen LogP contribution in [0, 0.1) is 6.92 Å². The minimum absolute atomic E-state index is 0.228. The van der Waals surface area contributed by atoms with E-state index in [0.29, 0.717) is 10.8 Å². The molecule has 1 N–H and O–H groups in total. The van der Waals surface area contributed by atoms with Gasteiger partial charge in [0, 0.05) is 24.3 Å². The molecule has 0 aliphatic carbocycles. The Balaban J connectivity index is 2.15. The van der Waals surface area contributed by atoms with Crippen molar-refractivity contribution in [3.63, 3.8) is 0 Å². The van der Waals surface area contributed by atoms with E-state index in [4.69, 9.17) is 0 Å². The normalized spacial score (nSPS) is 10.3. The Morgan fingerprint density at radius 1 is 1.60 bits per heavy atom. The van der Waals surface area contributed by atoms with Crippen molar-refractivity contribution < 1.29 is 4.79 Å². The highest BCUT2D eigenvalue weighted by Gasteiger charge is 2.11. The Kier molecular flexibility index (Phi) is 2.51. The van der Waals surface area contributed by atoms with Crippen LogP contribution in [0.15, 0.2) is 17.6 Å². The number of aromatic nitrogens is 3. The minimum atomic E-state index is -0.228. The van der Waals surface area contributed by atoms with E-state index in [1.165, 1.54) is 11.3 Å². The molecule has 78 valence electrons. The van der Waals surface area contributed by atoms with Crippen molar-refractivity contribution in [3.05, 3.63) is 29.0 Å². The number of anilines is 1. The van der Waals surface area contributed by atoms with Gasteiger partial charge in [-0.3, -0.25) is 14.8 Å². The second kappa shape index (κ2) is 3.82. The van der Waals surface area contributed by atoms with Gasteiger partial charge in [-0.05, 0) is 13.0 Å². The number of hydrogen-bond acceptors (Lipinski definition) is 4. The first kappa shape index (κ1) is 9.85. The molecule has 0 fully saturated rings. The number of nitrogens with one attached hydrogen (secondary N) is 1. The number of amides is 1. The fourth-order valence-corrected chi connectivity index (χ4v) is 1.64. The SMILES string of the molecule is Cc1cc(C(=O)Nc2nccs2)nn1C. The summed E-state index contributed by atoms with van der Waals surface area (Å²) in [5, 5.41) is 9.13. The molecule has 15 heavy (non-hydrogen) atoms. The van der Waals surface area contributed by atoms with Gasteiger partial charge >= 0.3 is 0 Å². The quantitative estimate of drug-likeness (QED) is 0.836. The molecule has 2 aromatic rings. The highest BCUT2D eigenvalue weighted by molar-refractivity contribution is 7.13. The zero-order valence-electron chi connectivity index (χ0n) is 8.39. The molecule has 2 rings (SSSR count). The number of hydrogen-bond donors (Lipinski definition) is 1. The third-order valence-corrected chi connectivity index (χ3v) is 2.69. The highest BCUT2D eigenvalue weighted by Crippen LogP contribution is 2.12. The molecule has 0 aromatic carbocycles. The highest BCUT2D eigenvalue weighted by atomic mass is 32.1. The van der Waals surface area contributed by atoms with Crippen LogP contribution in [0.25, 0.3) is 0 Å². The fraction of sp³-hybridized carbons (Fsp3) is 0.222. The van der Waals surface area contributed by atoms with Crippen molar-refractivity contribution in [2.24, 2.45) is 7.05 Å². The Bertz CT molecular complexity index is 455. The Morgan fingerprint density at radius 2 is 2.40 bits per heavy atom. The maximum absolute atomic E-state index is 11.7. The predicted molar refractivity (Wildman–Crippen MR) is 58.0 cm³/mol. The van der Waals surface area contributed by atoms with Gasteiger partial charge in [0.2, 0.25) is 0 Å².